The summed E-state index contributed by atoms with van der Waals surface area (Å²) in [5, 5.41) is 3.10. The Kier molecular flexibility index (Phi) is 11.8. The van der Waals surface area contributed by atoms with E-state index < -0.39 is 6.04 Å². The number of nitrogens with one attached hydrogen (secondary N) is 2. The number of rotatable bonds is 7. The third-order valence-corrected chi connectivity index (χ3v) is 12.8. The molecule has 11 nitrogen and oxygen atoms in total. The first kappa shape index (κ1) is 36.5. The van der Waals surface area contributed by atoms with Crippen molar-refractivity contribution >= 4 is 87.0 Å². The van der Waals surface area contributed by atoms with Gasteiger partial charge in [0.05, 0.1) is 17.1 Å². The number of urea groups is 1. The molecule has 1 aromatic heterocycles. The van der Waals surface area contributed by atoms with Crippen molar-refractivity contribution in [2.75, 3.05) is 50.7 Å². The van der Waals surface area contributed by atoms with Gasteiger partial charge in [0.2, 0.25) is 5.91 Å². The van der Waals surface area contributed by atoms with E-state index in [0.717, 1.165) is 54.9 Å². The van der Waals surface area contributed by atoms with Gasteiger partial charge in [-0.15, -0.1) is 0 Å². The topological polar surface area (TPSA) is 146 Å². The standard InChI is InChI=1S/C34H42Br4N8O3/c35-24-14-20(15-25(36)30(24)39)16-28(32(47)44-10-4-22(5-11-44)43-8-2-1-3-9-43)41-33(48)45-12-6-23(7-13-45)46-19-29(42-34(46)49)21-17-26(37)31(40)27(38)18-21/h14-15,17-19,22-23,28H,1-13,16,39-40H2,(H,41,48)(H,42,49)/t28-/m0/s1. The first-order valence-corrected chi connectivity index (χ1v) is 20.0. The minimum atomic E-state index is -0.729. The smallest absolute Gasteiger partial charge is 0.326 e. The molecule has 0 aliphatic carbocycles. The normalized spacial score (nSPS) is 18.9. The summed E-state index contributed by atoms with van der Waals surface area (Å²) < 4.78 is 4.66. The van der Waals surface area contributed by atoms with E-state index in [1.165, 1.54) is 19.3 Å². The summed E-state index contributed by atoms with van der Waals surface area (Å²) in [6.07, 6.45) is 9.10. The molecule has 15 heteroatoms. The van der Waals surface area contributed by atoms with Gasteiger partial charge in [0.25, 0.3) is 0 Å². The molecule has 6 rings (SSSR count). The van der Waals surface area contributed by atoms with Crippen LogP contribution in [0.5, 0.6) is 0 Å². The monoisotopic (exact) mass is 926 g/mol. The van der Waals surface area contributed by atoms with Gasteiger partial charge in [-0.2, -0.15) is 0 Å². The first-order valence-electron chi connectivity index (χ1n) is 16.9. The van der Waals surface area contributed by atoms with Crippen LogP contribution in [0.1, 0.15) is 56.6 Å². The van der Waals surface area contributed by atoms with Crippen LogP contribution in [0.2, 0.25) is 0 Å². The van der Waals surface area contributed by atoms with Crippen LogP contribution in [0.3, 0.4) is 0 Å². The van der Waals surface area contributed by atoms with Crippen molar-refractivity contribution in [3.05, 3.63) is 64.4 Å². The second-order valence-corrected chi connectivity index (χ2v) is 16.7. The maximum Gasteiger partial charge on any atom is 0.326 e. The second kappa shape index (κ2) is 15.9. The van der Waals surface area contributed by atoms with E-state index in [0.29, 0.717) is 68.6 Å². The predicted octanol–water partition coefficient (Wildman–Crippen LogP) is 6.49. The Morgan fingerprint density at radius 3 is 1.90 bits per heavy atom. The quantitative estimate of drug-likeness (QED) is 0.200. The Morgan fingerprint density at radius 2 is 1.31 bits per heavy atom. The summed E-state index contributed by atoms with van der Waals surface area (Å²) in [4.78, 5) is 50.0. The Labute approximate surface area is 320 Å². The highest BCUT2D eigenvalue weighted by Crippen LogP contribution is 2.34. The molecule has 0 saturated carbocycles. The molecule has 2 aromatic carbocycles. The van der Waals surface area contributed by atoms with Crippen LogP contribution in [-0.2, 0) is 11.2 Å². The van der Waals surface area contributed by atoms with E-state index in [9.17, 15) is 14.4 Å². The van der Waals surface area contributed by atoms with Gasteiger partial charge in [-0.1, -0.05) is 6.42 Å². The molecule has 1 atom stereocenters. The average molecular weight is 930 g/mol. The van der Waals surface area contributed by atoms with Crippen molar-refractivity contribution in [2.24, 2.45) is 0 Å². The summed E-state index contributed by atoms with van der Waals surface area (Å²) in [6.45, 7) is 4.59. The number of hydrogen-bond acceptors (Lipinski definition) is 6. The van der Waals surface area contributed by atoms with E-state index in [-0.39, 0.29) is 23.7 Å². The van der Waals surface area contributed by atoms with Gasteiger partial charge in [0, 0.05) is 74.3 Å². The lowest BCUT2D eigenvalue weighted by Gasteiger charge is -2.41. The second-order valence-electron chi connectivity index (χ2n) is 13.3. The van der Waals surface area contributed by atoms with Crippen molar-refractivity contribution in [1.82, 2.24) is 29.6 Å². The van der Waals surface area contributed by atoms with Gasteiger partial charge < -0.3 is 36.5 Å². The van der Waals surface area contributed by atoms with Crippen molar-refractivity contribution in [3.8, 4) is 11.3 Å². The van der Waals surface area contributed by atoms with Gasteiger partial charge >= 0.3 is 11.7 Å². The van der Waals surface area contributed by atoms with Crippen LogP contribution in [0.25, 0.3) is 11.3 Å². The molecule has 264 valence electrons. The molecule has 3 aliphatic rings. The molecule has 4 heterocycles. The zero-order valence-corrected chi connectivity index (χ0v) is 33.5. The van der Waals surface area contributed by atoms with Gasteiger partial charge in [-0.3, -0.25) is 9.36 Å². The van der Waals surface area contributed by atoms with E-state index in [4.69, 9.17) is 11.5 Å². The number of halogens is 4. The van der Waals surface area contributed by atoms with Crippen molar-refractivity contribution in [3.63, 3.8) is 0 Å². The summed E-state index contributed by atoms with van der Waals surface area (Å²) in [5.74, 6) is -0.0586. The van der Waals surface area contributed by atoms with Gasteiger partial charge in [0.15, 0.2) is 0 Å². The lowest BCUT2D eigenvalue weighted by molar-refractivity contribution is -0.134. The maximum atomic E-state index is 14.1. The summed E-state index contributed by atoms with van der Waals surface area (Å²) in [7, 11) is 0. The summed E-state index contributed by atoms with van der Waals surface area (Å²) in [6, 6.07) is 7.01. The zero-order valence-electron chi connectivity index (χ0n) is 27.2. The van der Waals surface area contributed by atoms with E-state index in [1.54, 1.807) is 9.47 Å². The minimum Gasteiger partial charge on any atom is -0.397 e. The van der Waals surface area contributed by atoms with E-state index >= 15 is 0 Å². The van der Waals surface area contributed by atoms with Gasteiger partial charge in [0.1, 0.15) is 6.04 Å². The fraction of sp³-hybridized carbons (Fsp3) is 0.500. The Balaban J connectivity index is 1.11. The molecule has 0 bridgehead atoms. The minimum absolute atomic E-state index is 0.0586. The number of imidazole rings is 1. The summed E-state index contributed by atoms with van der Waals surface area (Å²) in [5.41, 5.74) is 15.6. The number of nitrogens with two attached hydrogens (primary N) is 2. The third kappa shape index (κ3) is 8.43. The highest BCUT2D eigenvalue weighted by atomic mass is 79.9. The molecule has 0 unspecified atom stereocenters. The van der Waals surface area contributed by atoms with Crippen LogP contribution < -0.4 is 22.5 Å². The summed E-state index contributed by atoms with van der Waals surface area (Å²) >= 11 is 14.0. The Bertz CT molecular complexity index is 1690. The molecule has 3 saturated heterocycles. The van der Waals surface area contributed by atoms with Gasteiger partial charge in [-0.05, 0) is 145 Å². The lowest BCUT2D eigenvalue weighted by atomic mass is 9.98. The molecule has 3 aromatic rings. The number of H-pyrrole nitrogens is 1. The molecule has 0 radical (unpaired) electrons. The fourth-order valence-electron chi connectivity index (χ4n) is 7.30. The lowest BCUT2D eigenvalue weighted by Crippen LogP contribution is -2.56. The molecular formula is C34H42Br4N8O3. The highest BCUT2D eigenvalue weighted by Gasteiger charge is 2.34. The third-order valence-electron chi connectivity index (χ3n) is 10.1. The van der Waals surface area contributed by atoms with Crippen molar-refractivity contribution in [1.29, 1.82) is 0 Å². The number of piperidine rings is 3. The molecule has 3 aliphatic heterocycles. The molecule has 0 spiro atoms. The number of anilines is 2. The molecular weight excluding hydrogens is 888 g/mol. The number of benzene rings is 2. The van der Waals surface area contributed by atoms with Crippen LogP contribution in [0, 0.1) is 0 Å². The zero-order chi connectivity index (χ0) is 34.8. The predicted molar refractivity (Wildman–Crippen MR) is 207 cm³/mol. The first-order chi connectivity index (χ1) is 23.5. The number of nitrogens with zero attached hydrogens (tertiary/aromatic N) is 4. The molecule has 49 heavy (non-hydrogen) atoms. The number of nitrogen functional groups attached to an aromatic ring is 2. The average Bonchev–Trinajstić information content (AvgIpc) is 3.50. The number of aromatic amines is 1. The Morgan fingerprint density at radius 1 is 0.776 bits per heavy atom. The molecule has 6 N–H and O–H groups in total. The highest BCUT2D eigenvalue weighted by molar-refractivity contribution is 9.11. The van der Waals surface area contributed by atoms with Crippen LogP contribution in [0.15, 0.2) is 53.1 Å². The molecule has 3 fully saturated rings. The molecule has 3 amide bonds. The number of hydrogen-bond donors (Lipinski definition) is 4. The van der Waals surface area contributed by atoms with Crippen molar-refractivity contribution in [2.45, 2.75) is 69.5 Å². The Hall–Kier alpha value is -2.33. The van der Waals surface area contributed by atoms with E-state index in [1.807, 2.05) is 35.4 Å². The maximum absolute atomic E-state index is 14.1. The van der Waals surface area contributed by atoms with Crippen LogP contribution >= 0.6 is 63.7 Å². The van der Waals surface area contributed by atoms with Gasteiger partial charge in [-0.25, -0.2) is 9.59 Å². The van der Waals surface area contributed by atoms with Crippen LogP contribution in [0.4, 0.5) is 16.2 Å². The number of carbonyl (C=O) groups excluding carboxylic acids is 2. The van der Waals surface area contributed by atoms with E-state index in [2.05, 4.69) is 78.9 Å². The van der Waals surface area contributed by atoms with Crippen LogP contribution in [-0.4, -0.2) is 87.5 Å². The largest absolute Gasteiger partial charge is 0.397 e. The number of amides is 3. The van der Waals surface area contributed by atoms with Crippen molar-refractivity contribution < 1.29 is 9.59 Å². The SMILES string of the molecule is Nc1c(Br)cc(C[C@H](NC(=O)N2CCC(n3cc(-c4cc(Br)c(N)c(Br)c4)[nH]c3=O)CC2)C(=O)N2CCC(N3CCCCC3)CC2)cc1Br. The fourth-order valence-corrected chi connectivity index (χ4v) is 9.77. The number of likely N-dealkylation sites (tertiary alicyclic amines) is 3. The number of carbonyl (C=O) groups is 2. The number of aromatic nitrogens is 2.